The Morgan fingerprint density at radius 1 is 1.42 bits per heavy atom. The van der Waals surface area contributed by atoms with Crippen molar-refractivity contribution in [2.45, 2.75) is 52.4 Å². The van der Waals surface area contributed by atoms with Gasteiger partial charge in [-0.2, -0.15) is 11.3 Å². The summed E-state index contributed by atoms with van der Waals surface area (Å²) in [6, 6.07) is 0. The second-order valence-corrected chi connectivity index (χ2v) is 8.25. The topological polar surface area (TPSA) is 12.0 Å². The van der Waals surface area contributed by atoms with Gasteiger partial charge in [-0.25, -0.2) is 0 Å². The fourth-order valence-corrected chi connectivity index (χ4v) is 4.93. The van der Waals surface area contributed by atoms with E-state index in [-0.39, 0.29) is 0 Å². The van der Waals surface area contributed by atoms with Gasteiger partial charge in [0.1, 0.15) is 0 Å². The highest BCUT2D eigenvalue weighted by molar-refractivity contribution is 9.10. The minimum atomic E-state index is 0.493. The standard InChI is InChI=1S/C16H26BrNS/c1-4-7-18-9-12-5-6-16(2,3)8-13(12)14-10-19-11-15(14)17/h10-13,18H,4-9H2,1-3H3. The van der Waals surface area contributed by atoms with Crippen molar-refractivity contribution in [1.82, 2.24) is 5.32 Å². The van der Waals surface area contributed by atoms with Gasteiger partial charge in [0.15, 0.2) is 0 Å². The first-order chi connectivity index (χ1) is 9.03. The summed E-state index contributed by atoms with van der Waals surface area (Å²) in [5, 5.41) is 8.21. The Kier molecular flexibility index (Phi) is 5.50. The van der Waals surface area contributed by atoms with Crippen LogP contribution in [-0.4, -0.2) is 13.1 Å². The monoisotopic (exact) mass is 343 g/mol. The molecule has 1 N–H and O–H groups in total. The Labute approximate surface area is 130 Å². The van der Waals surface area contributed by atoms with Crippen molar-refractivity contribution in [2.24, 2.45) is 11.3 Å². The molecule has 0 amide bonds. The van der Waals surface area contributed by atoms with Gasteiger partial charge in [0, 0.05) is 9.85 Å². The lowest BCUT2D eigenvalue weighted by Gasteiger charge is -2.41. The summed E-state index contributed by atoms with van der Waals surface area (Å²) in [5.74, 6) is 1.51. The maximum atomic E-state index is 3.74. The summed E-state index contributed by atoms with van der Waals surface area (Å²) >= 11 is 5.56. The highest BCUT2D eigenvalue weighted by Crippen LogP contribution is 2.48. The molecule has 1 aliphatic rings. The van der Waals surface area contributed by atoms with Crippen molar-refractivity contribution in [1.29, 1.82) is 0 Å². The van der Waals surface area contributed by atoms with E-state index in [1.807, 2.05) is 11.3 Å². The average Bonchev–Trinajstić information content (AvgIpc) is 2.77. The summed E-state index contributed by atoms with van der Waals surface area (Å²) in [6.07, 6.45) is 5.27. The third-order valence-corrected chi connectivity index (χ3v) is 6.16. The normalized spacial score (nSPS) is 26.5. The molecule has 0 spiro atoms. The van der Waals surface area contributed by atoms with E-state index >= 15 is 0 Å². The Hall–Kier alpha value is 0.140. The molecule has 1 aromatic heterocycles. The molecular formula is C16H26BrNS. The third kappa shape index (κ3) is 4.05. The van der Waals surface area contributed by atoms with E-state index in [0.29, 0.717) is 11.3 Å². The molecule has 3 heteroatoms. The summed E-state index contributed by atoms with van der Waals surface area (Å²) in [5.41, 5.74) is 2.04. The molecule has 108 valence electrons. The van der Waals surface area contributed by atoms with Gasteiger partial charge in [0.25, 0.3) is 0 Å². The molecule has 1 nitrogen and oxygen atoms in total. The average molecular weight is 344 g/mol. The highest BCUT2D eigenvalue weighted by Gasteiger charge is 2.36. The van der Waals surface area contributed by atoms with Crippen LogP contribution in [0.15, 0.2) is 15.2 Å². The molecule has 2 rings (SSSR count). The van der Waals surface area contributed by atoms with Crippen LogP contribution in [0.1, 0.15) is 57.9 Å². The molecule has 0 bridgehead atoms. The number of rotatable bonds is 5. The predicted molar refractivity (Wildman–Crippen MR) is 89.0 cm³/mol. The smallest absolute Gasteiger partial charge is 0.0317 e. The van der Waals surface area contributed by atoms with Gasteiger partial charge >= 0.3 is 0 Å². The first-order valence-electron chi connectivity index (χ1n) is 7.46. The van der Waals surface area contributed by atoms with Gasteiger partial charge < -0.3 is 5.32 Å². The van der Waals surface area contributed by atoms with E-state index in [0.717, 1.165) is 12.5 Å². The first-order valence-corrected chi connectivity index (χ1v) is 9.19. The van der Waals surface area contributed by atoms with Crippen molar-refractivity contribution in [3.8, 4) is 0 Å². The third-order valence-electron chi connectivity index (χ3n) is 4.41. The molecule has 1 heterocycles. The SMILES string of the molecule is CCCNCC1CCC(C)(C)CC1c1cscc1Br. The fourth-order valence-electron chi connectivity index (χ4n) is 3.27. The number of thiophene rings is 1. The van der Waals surface area contributed by atoms with Crippen LogP contribution in [0.25, 0.3) is 0 Å². The van der Waals surface area contributed by atoms with Gasteiger partial charge in [-0.1, -0.05) is 20.8 Å². The van der Waals surface area contributed by atoms with E-state index in [1.54, 1.807) is 5.56 Å². The van der Waals surface area contributed by atoms with Gasteiger partial charge in [0.05, 0.1) is 0 Å². The second kappa shape index (κ2) is 6.73. The van der Waals surface area contributed by atoms with Gasteiger partial charge in [0.2, 0.25) is 0 Å². The first kappa shape index (κ1) is 15.5. The summed E-state index contributed by atoms with van der Waals surface area (Å²) < 4.78 is 1.32. The Bertz CT molecular complexity index is 399. The van der Waals surface area contributed by atoms with E-state index in [4.69, 9.17) is 0 Å². The molecule has 2 unspecified atom stereocenters. The molecule has 0 aliphatic heterocycles. The molecular weight excluding hydrogens is 318 g/mol. The zero-order valence-corrected chi connectivity index (χ0v) is 14.7. The number of hydrogen-bond donors (Lipinski definition) is 1. The molecule has 2 atom stereocenters. The predicted octanol–water partition coefficient (Wildman–Crippen LogP) is 5.42. The van der Waals surface area contributed by atoms with Crippen LogP contribution in [0.5, 0.6) is 0 Å². The van der Waals surface area contributed by atoms with Crippen molar-refractivity contribution >= 4 is 27.3 Å². The Morgan fingerprint density at radius 3 is 2.84 bits per heavy atom. The number of hydrogen-bond acceptors (Lipinski definition) is 2. The van der Waals surface area contributed by atoms with Crippen LogP contribution >= 0.6 is 27.3 Å². The molecule has 0 saturated heterocycles. The highest BCUT2D eigenvalue weighted by atomic mass is 79.9. The lowest BCUT2D eigenvalue weighted by atomic mass is 9.65. The largest absolute Gasteiger partial charge is 0.316 e. The summed E-state index contributed by atoms with van der Waals surface area (Å²) in [6.45, 7) is 9.42. The van der Waals surface area contributed by atoms with Crippen LogP contribution < -0.4 is 5.32 Å². The minimum Gasteiger partial charge on any atom is -0.316 e. The maximum absolute atomic E-state index is 3.74. The maximum Gasteiger partial charge on any atom is 0.0317 e. The quantitative estimate of drug-likeness (QED) is 0.703. The van der Waals surface area contributed by atoms with Crippen molar-refractivity contribution in [3.05, 3.63) is 20.8 Å². The molecule has 0 aromatic carbocycles. The van der Waals surface area contributed by atoms with E-state index < -0.39 is 0 Å². The van der Waals surface area contributed by atoms with E-state index in [2.05, 4.69) is 52.8 Å². The van der Waals surface area contributed by atoms with E-state index in [1.165, 1.54) is 36.7 Å². The Balaban J connectivity index is 2.10. The number of nitrogens with one attached hydrogen (secondary N) is 1. The van der Waals surface area contributed by atoms with Crippen LogP contribution in [0.4, 0.5) is 0 Å². The fraction of sp³-hybridized carbons (Fsp3) is 0.750. The molecule has 19 heavy (non-hydrogen) atoms. The van der Waals surface area contributed by atoms with Crippen LogP contribution in [0.3, 0.4) is 0 Å². The lowest BCUT2D eigenvalue weighted by molar-refractivity contribution is 0.159. The van der Waals surface area contributed by atoms with Crippen LogP contribution in [0.2, 0.25) is 0 Å². The molecule has 1 fully saturated rings. The summed E-state index contributed by atoms with van der Waals surface area (Å²) in [4.78, 5) is 0. The second-order valence-electron chi connectivity index (χ2n) is 6.65. The molecule has 0 radical (unpaired) electrons. The zero-order chi connectivity index (χ0) is 13.9. The minimum absolute atomic E-state index is 0.493. The zero-order valence-electron chi connectivity index (χ0n) is 12.3. The summed E-state index contributed by atoms with van der Waals surface area (Å²) in [7, 11) is 0. The lowest BCUT2D eigenvalue weighted by Crippen LogP contribution is -2.35. The van der Waals surface area contributed by atoms with E-state index in [9.17, 15) is 0 Å². The van der Waals surface area contributed by atoms with Gasteiger partial charge in [-0.05, 0) is 82.9 Å². The van der Waals surface area contributed by atoms with Crippen molar-refractivity contribution in [3.63, 3.8) is 0 Å². The van der Waals surface area contributed by atoms with Crippen LogP contribution in [-0.2, 0) is 0 Å². The van der Waals surface area contributed by atoms with Gasteiger partial charge in [-0.15, -0.1) is 0 Å². The van der Waals surface area contributed by atoms with Crippen LogP contribution in [0, 0.1) is 11.3 Å². The molecule has 1 aromatic rings. The van der Waals surface area contributed by atoms with Crippen molar-refractivity contribution < 1.29 is 0 Å². The molecule has 1 saturated carbocycles. The Morgan fingerprint density at radius 2 is 2.21 bits per heavy atom. The van der Waals surface area contributed by atoms with Gasteiger partial charge in [-0.3, -0.25) is 0 Å². The number of halogens is 1. The van der Waals surface area contributed by atoms with Crippen molar-refractivity contribution in [2.75, 3.05) is 13.1 Å². The molecule has 1 aliphatic carbocycles.